The average Bonchev–Trinajstić information content (AvgIpc) is 2.82. The number of thiophene rings is 1. The molecule has 1 rings (SSSR count). The molecule has 0 saturated heterocycles. The highest BCUT2D eigenvalue weighted by atomic mass is 32.1. The Morgan fingerprint density at radius 1 is 1.19 bits per heavy atom. The summed E-state index contributed by atoms with van der Waals surface area (Å²) in [5.74, 6) is -1.13. The van der Waals surface area contributed by atoms with Gasteiger partial charge in [0.1, 0.15) is 10.5 Å². The molecule has 1 aromatic rings. The number of carboxylic acid groups (broad SMARTS) is 1. The third kappa shape index (κ3) is 4.56. The maximum absolute atomic E-state index is 12.6. The third-order valence-electron chi connectivity index (χ3n) is 3.57. The van der Waals surface area contributed by atoms with E-state index in [-0.39, 0.29) is 5.97 Å². The Labute approximate surface area is 130 Å². The number of aromatic carboxylic acids is 1. The first-order valence-corrected chi connectivity index (χ1v) is 8.00. The molecule has 0 radical (unpaired) electrons. The summed E-state index contributed by atoms with van der Waals surface area (Å²) in [5, 5.41) is 8.99. The fourth-order valence-corrected chi connectivity index (χ4v) is 3.16. The highest BCUT2D eigenvalue weighted by Gasteiger charge is 2.39. The molecule has 0 aliphatic rings. The molecule has 1 N–H and O–H groups in total. The minimum atomic E-state index is -0.929. The molecule has 5 heteroatoms. The first-order chi connectivity index (χ1) is 9.63. The van der Waals surface area contributed by atoms with Crippen LogP contribution in [0, 0.1) is 5.41 Å². The van der Waals surface area contributed by atoms with Gasteiger partial charge < -0.3 is 9.84 Å². The predicted octanol–water partition coefficient (Wildman–Crippen LogP) is 4.14. The molecule has 0 atom stereocenters. The molecule has 1 aromatic heterocycles. The van der Waals surface area contributed by atoms with Crippen molar-refractivity contribution in [2.75, 3.05) is 0 Å². The van der Waals surface area contributed by atoms with Crippen molar-refractivity contribution < 1.29 is 19.4 Å². The number of ether oxygens (including phenoxy) is 1. The van der Waals surface area contributed by atoms with E-state index in [0.717, 1.165) is 4.88 Å². The topological polar surface area (TPSA) is 63.6 Å². The first-order valence-electron chi connectivity index (χ1n) is 7.19. The van der Waals surface area contributed by atoms with Gasteiger partial charge in [-0.05, 0) is 52.2 Å². The average molecular weight is 312 g/mol. The standard InChI is InChI=1S/C16H24O4S/c1-6-16(7-2,14(19)20-15(3,4)5)10-11-8-9-12(21-11)13(17)18/h8-9H,6-7,10H2,1-5H3,(H,17,18). The quantitative estimate of drug-likeness (QED) is 0.802. The SMILES string of the molecule is CCC(CC)(Cc1ccc(C(=O)O)s1)C(=O)OC(C)(C)C. The molecule has 0 fully saturated rings. The highest BCUT2D eigenvalue weighted by molar-refractivity contribution is 7.13. The van der Waals surface area contributed by atoms with Crippen LogP contribution >= 0.6 is 11.3 Å². The van der Waals surface area contributed by atoms with E-state index in [1.807, 2.05) is 34.6 Å². The van der Waals surface area contributed by atoms with Crippen LogP contribution in [0.2, 0.25) is 0 Å². The summed E-state index contributed by atoms with van der Waals surface area (Å²) in [5.41, 5.74) is -1.11. The van der Waals surface area contributed by atoms with Crippen molar-refractivity contribution in [3.05, 3.63) is 21.9 Å². The summed E-state index contributed by atoms with van der Waals surface area (Å²) in [6.45, 7) is 9.51. The van der Waals surface area contributed by atoms with Crippen molar-refractivity contribution in [3.8, 4) is 0 Å². The van der Waals surface area contributed by atoms with E-state index in [2.05, 4.69) is 0 Å². The van der Waals surface area contributed by atoms with E-state index in [9.17, 15) is 9.59 Å². The lowest BCUT2D eigenvalue weighted by Crippen LogP contribution is -2.38. The van der Waals surface area contributed by atoms with Crippen molar-refractivity contribution in [1.82, 2.24) is 0 Å². The van der Waals surface area contributed by atoms with Gasteiger partial charge in [-0.15, -0.1) is 11.3 Å². The Morgan fingerprint density at radius 3 is 2.14 bits per heavy atom. The molecule has 0 unspecified atom stereocenters. The van der Waals surface area contributed by atoms with Gasteiger partial charge in [0.15, 0.2) is 0 Å². The van der Waals surface area contributed by atoms with Crippen LogP contribution in [-0.4, -0.2) is 22.6 Å². The minimum Gasteiger partial charge on any atom is -0.477 e. The molecule has 0 spiro atoms. The van der Waals surface area contributed by atoms with Crippen LogP contribution in [0.3, 0.4) is 0 Å². The fourth-order valence-electron chi connectivity index (χ4n) is 2.17. The molecular weight excluding hydrogens is 288 g/mol. The Bertz CT molecular complexity index is 507. The maximum atomic E-state index is 12.6. The first kappa shape index (κ1) is 17.7. The number of carbonyl (C=O) groups is 2. The van der Waals surface area contributed by atoms with Gasteiger partial charge in [0, 0.05) is 4.88 Å². The van der Waals surface area contributed by atoms with Crippen molar-refractivity contribution >= 4 is 23.3 Å². The second-order valence-corrected chi connectivity index (χ2v) is 7.41. The molecule has 4 nitrogen and oxygen atoms in total. The van der Waals surface area contributed by atoms with Crippen LogP contribution in [0.15, 0.2) is 12.1 Å². The fraction of sp³-hybridized carbons (Fsp3) is 0.625. The second-order valence-electron chi connectivity index (χ2n) is 6.24. The van der Waals surface area contributed by atoms with E-state index in [1.165, 1.54) is 11.3 Å². The number of hydrogen-bond donors (Lipinski definition) is 1. The Kier molecular flexibility index (Phi) is 5.56. The minimum absolute atomic E-state index is 0.203. The molecule has 0 aliphatic carbocycles. The summed E-state index contributed by atoms with van der Waals surface area (Å²) < 4.78 is 5.56. The molecule has 0 amide bonds. The van der Waals surface area contributed by atoms with Gasteiger partial charge in [0.05, 0.1) is 5.41 Å². The maximum Gasteiger partial charge on any atom is 0.345 e. The molecule has 21 heavy (non-hydrogen) atoms. The number of carboxylic acids is 1. The van der Waals surface area contributed by atoms with Gasteiger partial charge >= 0.3 is 11.9 Å². The Balaban J connectivity index is 2.98. The lowest BCUT2D eigenvalue weighted by atomic mass is 9.78. The number of hydrogen-bond acceptors (Lipinski definition) is 4. The van der Waals surface area contributed by atoms with Crippen molar-refractivity contribution in [1.29, 1.82) is 0 Å². The highest BCUT2D eigenvalue weighted by Crippen LogP contribution is 2.36. The van der Waals surface area contributed by atoms with E-state index >= 15 is 0 Å². The lowest BCUT2D eigenvalue weighted by Gasteiger charge is -2.32. The molecule has 0 aromatic carbocycles. The number of rotatable bonds is 6. The van der Waals surface area contributed by atoms with Crippen LogP contribution in [0.5, 0.6) is 0 Å². The number of carbonyl (C=O) groups excluding carboxylic acids is 1. The summed E-state index contributed by atoms with van der Waals surface area (Å²) in [7, 11) is 0. The number of esters is 1. The summed E-state index contributed by atoms with van der Waals surface area (Å²) >= 11 is 1.23. The second kappa shape index (κ2) is 6.60. The van der Waals surface area contributed by atoms with Gasteiger partial charge in [0.2, 0.25) is 0 Å². The van der Waals surface area contributed by atoms with Gasteiger partial charge in [-0.2, -0.15) is 0 Å². The molecule has 0 bridgehead atoms. The smallest absolute Gasteiger partial charge is 0.345 e. The van der Waals surface area contributed by atoms with E-state index in [4.69, 9.17) is 9.84 Å². The molecule has 0 aliphatic heterocycles. The summed E-state index contributed by atoms with van der Waals surface area (Å²) in [6.07, 6.45) is 1.85. The van der Waals surface area contributed by atoms with Crippen LogP contribution in [0.4, 0.5) is 0 Å². The molecule has 118 valence electrons. The summed E-state index contributed by atoms with van der Waals surface area (Å²) in [4.78, 5) is 24.7. The van der Waals surface area contributed by atoms with Gasteiger partial charge in [-0.1, -0.05) is 13.8 Å². The molecular formula is C16H24O4S. The van der Waals surface area contributed by atoms with Crippen molar-refractivity contribution in [2.45, 2.75) is 59.5 Å². The Hall–Kier alpha value is -1.36. The van der Waals surface area contributed by atoms with Crippen LogP contribution in [0.25, 0.3) is 0 Å². The van der Waals surface area contributed by atoms with Crippen LogP contribution in [-0.2, 0) is 16.0 Å². The third-order valence-corrected chi connectivity index (χ3v) is 4.64. The zero-order chi connectivity index (χ0) is 16.3. The van der Waals surface area contributed by atoms with Crippen molar-refractivity contribution in [2.24, 2.45) is 5.41 Å². The van der Waals surface area contributed by atoms with Crippen LogP contribution < -0.4 is 0 Å². The molecule has 1 heterocycles. The normalized spacial score (nSPS) is 12.2. The van der Waals surface area contributed by atoms with E-state index in [0.29, 0.717) is 24.1 Å². The Morgan fingerprint density at radius 2 is 1.76 bits per heavy atom. The summed E-state index contributed by atoms with van der Waals surface area (Å²) in [6, 6.07) is 3.38. The van der Waals surface area contributed by atoms with E-state index < -0.39 is 17.0 Å². The largest absolute Gasteiger partial charge is 0.477 e. The van der Waals surface area contributed by atoms with Crippen LogP contribution in [0.1, 0.15) is 62.0 Å². The zero-order valence-electron chi connectivity index (χ0n) is 13.4. The van der Waals surface area contributed by atoms with Gasteiger partial charge in [-0.25, -0.2) is 4.79 Å². The monoisotopic (exact) mass is 312 g/mol. The lowest BCUT2D eigenvalue weighted by molar-refractivity contribution is -0.168. The predicted molar refractivity (Wildman–Crippen MR) is 83.8 cm³/mol. The van der Waals surface area contributed by atoms with E-state index in [1.54, 1.807) is 12.1 Å². The molecule has 0 saturated carbocycles. The van der Waals surface area contributed by atoms with Crippen molar-refractivity contribution in [3.63, 3.8) is 0 Å². The van der Waals surface area contributed by atoms with Gasteiger partial charge in [-0.3, -0.25) is 4.79 Å². The zero-order valence-corrected chi connectivity index (χ0v) is 14.2. The van der Waals surface area contributed by atoms with Gasteiger partial charge in [0.25, 0.3) is 0 Å².